The van der Waals surface area contributed by atoms with Gasteiger partial charge in [0.2, 0.25) is 0 Å². The molecule has 1 aliphatic rings. The van der Waals surface area contributed by atoms with Crippen LogP contribution in [0.3, 0.4) is 0 Å². The molecule has 2 atom stereocenters. The molecule has 1 aliphatic heterocycles. The average Bonchev–Trinajstić information content (AvgIpc) is 2.88. The van der Waals surface area contributed by atoms with Gasteiger partial charge >= 0.3 is 5.97 Å². The molecular formula is C14H27N3O2S. The van der Waals surface area contributed by atoms with Gasteiger partial charge in [0.15, 0.2) is 5.96 Å². The normalized spacial score (nSPS) is 24.3. The molecule has 0 spiro atoms. The SMILES string of the molecule is CCNC(=NCC1(C)CCCS1)NCC(C)C(=O)OC. The first-order chi connectivity index (χ1) is 9.50. The molecule has 0 aromatic carbocycles. The van der Waals surface area contributed by atoms with E-state index in [1.165, 1.54) is 25.7 Å². The first kappa shape index (κ1) is 17.1. The fraction of sp³-hybridized carbons (Fsp3) is 0.857. The lowest BCUT2D eigenvalue weighted by molar-refractivity contribution is -0.144. The molecular weight excluding hydrogens is 274 g/mol. The molecule has 1 heterocycles. The summed E-state index contributed by atoms with van der Waals surface area (Å²) in [5, 5.41) is 6.42. The van der Waals surface area contributed by atoms with Gasteiger partial charge in [-0.05, 0) is 32.4 Å². The Balaban J connectivity index is 2.48. The first-order valence-corrected chi connectivity index (χ1v) is 8.23. The number of thioether (sulfide) groups is 1. The second kappa shape index (κ2) is 8.39. The molecule has 0 saturated carbocycles. The Morgan fingerprint density at radius 1 is 1.50 bits per heavy atom. The topological polar surface area (TPSA) is 62.7 Å². The molecule has 1 rings (SSSR count). The van der Waals surface area contributed by atoms with E-state index in [9.17, 15) is 4.79 Å². The third kappa shape index (κ3) is 5.61. The number of aliphatic imine (C=N–C) groups is 1. The molecule has 0 bridgehead atoms. The maximum absolute atomic E-state index is 11.4. The Labute approximate surface area is 126 Å². The van der Waals surface area contributed by atoms with Gasteiger partial charge in [0.25, 0.3) is 0 Å². The summed E-state index contributed by atoms with van der Waals surface area (Å²) in [6.07, 6.45) is 2.50. The number of esters is 1. The van der Waals surface area contributed by atoms with Gasteiger partial charge in [-0.2, -0.15) is 11.8 Å². The molecule has 5 nitrogen and oxygen atoms in total. The van der Waals surface area contributed by atoms with Crippen LogP contribution in [0.25, 0.3) is 0 Å². The highest BCUT2D eigenvalue weighted by atomic mass is 32.2. The zero-order valence-corrected chi connectivity index (χ0v) is 13.8. The second-order valence-corrected chi connectivity index (χ2v) is 7.08. The van der Waals surface area contributed by atoms with Crippen LogP contribution in [0.1, 0.15) is 33.6 Å². The van der Waals surface area contributed by atoms with E-state index >= 15 is 0 Å². The number of guanidine groups is 1. The predicted molar refractivity (Wildman–Crippen MR) is 85.3 cm³/mol. The quantitative estimate of drug-likeness (QED) is 0.444. The van der Waals surface area contributed by atoms with Gasteiger partial charge in [0.05, 0.1) is 19.6 Å². The number of nitrogens with one attached hydrogen (secondary N) is 2. The van der Waals surface area contributed by atoms with E-state index in [1.54, 1.807) is 0 Å². The van der Waals surface area contributed by atoms with E-state index in [0.29, 0.717) is 6.54 Å². The second-order valence-electron chi connectivity index (χ2n) is 5.40. The van der Waals surface area contributed by atoms with E-state index in [-0.39, 0.29) is 16.6 Å². The summed E-state index contributed by atoms with van der Waals surface area (Å²) in [4.78, 5) is 16.0. The molecule has 2 unspecified atom stereocenters. The molecule has 20 heavy (non-hydrogen) atoms. The number of ether oxygens (including phenoxy) is 1. The van der Waals surface area contributed by atoms with Crippen LogP contribution in [0.5, 0.6) is 0 Å². The van der Waals surface area contributed by atoms with Gasteiger partial charge in [-0.1, -0.05) is 6.92 Å². The largest absolute Gasteiger partial charge is 0.469 e. The highest BCUT2D eigenvalue weighted by molar-refractivity contribution is 8.00. The van der Waals surface area contributed by atoms with Crippen LogP contribution in [-0.2, 0) is 9.53 Å². The molecule has 2 N–H and O–H groups in total. The predicted octanol–water partition coefficient (Wildman–Crippen LogP) is 1.64. The Morgan fingerprint density at radius 3 is 2.80 bits per heavy atom. The van der Waals surface area contributed by atoms with E-state index in [2.05, 4.69) is 22.5 Å². The van der Waals surface area contributed by atoms with Crippen molar-refractivity contribution in [2.75, 3.05) is 32.5 Å². The number of nitrogens with zero attached hydrogens (tertiary/aromatic N) is 1. The third-order valence-electron chi connectivity index (χ3n) is 3.40. The maximum atomic E-state index is 11.4. The Morgan fingerprint density at radius 2 is 2.25 bits per heavy atom. The van der Waals surface area contributed by atoms with Crippen molar-refractivity contribution in [1.29, 1.82) is 0 Å². The lowest BCUT2D eigenvalue weighted by Crippen LogP contribution is -2.41. The maximum Gasteiger partial charge on any atom is 0.310 e. The van der Waals surface area contributed by atoms with Crippen LogP contribution in [0.2, 0.25) is 0 Å². The van der Waals surface area contributed by atoms with E-state index in [1.807, 2.05) is 25.6 Å². The van der Waals surface area contributed by atoms with Crippen molar-refractivity contribution in [2.24, 2.45) is 10.9 Å². The molecule has 0 radical (unpaired) electrons. The summed E-state index contributed by atoms with van der Waals surface area (Å²) in [6, 6.07) is 0. The highest BCUT2D eigenvalue weighted by Gasteiger charge is 2.29. The number of methoxy groups -OCH3 is 1. The minimum absolute atomic E-state index is 0.180. The number of hydrogen-bond donors (Lipinski definition) is 2. The Hall–Kier alpha value is -0.910. The Kier molecular flexibility index (Phi) is 7.19. The average molecular weight is 301 g/mol. The van der Waals surface area contributed by atoms with Crippen molar-refractivity contribution in [3.8, 4) is 0 Å². The van der Waals surface area contributed by atoms with Crippen LogP contribution in [0.4, 0.5) is 0 Å². The van der Waals surface area contributed by atoms with Crippen LogP contribution < -0.4 is 10.6 Å². The number of carbonyl (C=O) groups excluding carboxylic acids is 1. The Bertz CT molecular complexity index is 341. The molecule has 1 saturated heterocycles. The standard InChI is InChI=1S/C14H27N3O2S/c1-5-15-13(16-9-11(2)12(18)19-4)17-10-14(3)7-6-8-20-14/h11H,5-10H2,1-4H3,(H2,15,16,17). The summed E-state index contributed by atoms with van der Waals surface area (Å²) in [5.74, 6) is 1.62. The lowest BCUT2D eigenvalue weighted by Gasteiger charge is -2.21. The fourth-order valence-electron chi connectivity index (χ4n) is 2.08. The van der Waals surface area contributed by atoms with E-state index in [4.69, 9.17) is 4.74 Å². The summed E-state index contributed by atoms with van der Waals surface area (Å²) in [7, 11) is 1.41. The monoisotopic (exact) mass is 301 g/mol. The lowest BCUT2D eigenvalue weighted by atomic mass is 10.1. The van der Waals surface area contributed by atoms with Crippen LogP contribution >= 0.6 is 11.8 Å². The zero-order valence-electron chi connectivity index (χ0n) is 13.0. The summed E-state index contributed by atoms with van der Waals surface area (Å²) >= 11 is 2.00. The van der Waals surface area contributed by atoms with Gasteiger partial charge in [0.1, 0.15) is 0 Å². The summed E-state index contributed by atoms with van der Waals surface area (Å²) in [5.41, 5.74) is 0. The molecule has 6 heteroatoms. The molecule has 116 valence electrons. The highest BCUT2D eigenvalue weighted by Crippen LogP contribution is 2.37. The molecule has 0 aromatic rings. The first-order valence-electron chi connectivity index (χ1n) is 7.24. The third-order valence-corrected chi connectivity index (χ3v) is 4.92. The summed E-state index contributed by atoms with van der Waals surface area (Å²) < 4.78 is 4.98. The van der Waals surface area contributed by atoms with Gasteiger partial charge in [-0.15, -0.1) is 0 Å². The van der Waals surface area contributed by atoms with E-state index < -0.39 is 0 Å². The van der Waals surface area contributed by atoms with Crippen molar-refractivity contribution in [3.63, 3.8) is 0 Å². The molecule has 0 aliphatic carbocycles. The van der Waals surface area contributed by atoms with Crippen molar-refractivity contribution in [3.05, 3.63) is 0 Å². The fourth-order valence-corrected chi connectivity index (χ4v) is 3.31. The molecule has 0 amide bonds. The van der Waals surface area contributed by atoms with Crippen molar-refractivity contribution in [2.45, 2.75) is 38.4 Å². The number of hydrogen-bond acceptors (Lipinski definition) is 4. The van der Waals surface area contributed by atoms with E-state index in [0.717, 1.165) is 19.0 Å². The number of rotatable bonds is 6. The van der Waals surface area contributed by atoms with Gasteiger partial charge in [0, 0.05) is 17.8 Å². The minimum Gasteiger partial charge on any atom is -0.469 e. The smallest absolute Gasteiger partial charge is 0.310 e. The van der Waals surface area contributed by atoms with Crippen molar-refractivity contribution >= 4 is 23.7 Å². The van der Waals surface area contributed by atoms with Gasteiger partial charge in [-0.25, -0.2) is 0 Å². The van der Waals surface area contributed by atoms with Gasteiger partial charge in [-0.3, -0.25) is 9.79 Å². The van der Waals surface area contributed by atoms with Crippen LogP contribution in [0.15, 0.2) is 4.99 Å². The van der Waals surface area contributed by atoms with Crippen LogP contribution in [0, 0.1) is 5.92 Å². The number of carbonyl (C=O) groups is 1. The van der Waals surface area contributed by atoms with Gasteiger partial charge < -0.3 is 15.4 Å². The van der Waals surface area contributed by atoms with Crippen molar-refractivity contribution < 1.29 is 9.53 Å². The zero-order chi connectivity index (χ0) is 15.0. The van der Waals surface area contributed by atoms with Crippen molar-refractivity contribution in [1.82, 2.24) is 10.6 Å². The minimum atomic E-state index is -0.202. The van der Waals surface area contributed by atoms with Crippen LogP contribution in [-0.4, -0.2) is 49.2 Å². The summed E-state index contributed by atoms with van der Waals surface area (Å²) in [6.45, 7) is 8.29. The molecule has 0 aromatic heterocycles. The molecule has 1 fully saturated rings.